The van der Waals surface area contributed by atoms with Crippen LogP contribution >= 0.6 is 0 Å². The van der Waals surface area contributed by atoms with Crippen molar-refractivity contribution < 1.29 is 13.9 Å². The summed E-state index contributed by atoms with van der Waals surface area (Å²) in [6.07, 6.45) is 4.32. The van der Waals surface area contributed by atoms with Gasteiger partial charge in [-0.15, -0.1) is 0 Å². The molecule has 1 aliphatic carbocycles. The predicted octanol–water partition coefficient (Wildman–Crippen LogP) is 3.43. The highest BCUT2D eigenvalue weighted by atomic mass is 19.1. The molecule has 1 aromatic carbocycles. The van der Waals surface area contributed by atoms with Gasteiger partial charge in [0.25, 0.3) is 0 Å². The van der Waals surface area contributed by atoms with Crippen LogP contribution in [0, 0.1) is 11.7 Å². The van der Waals surface area contributed by atoms with Crippen LogP contribution < -0.4 is 10.1 Å². The highest BCUT2D eigenvalue weighted by molar-refractivity contribution is 5.74. The van der Waals surface area contributed by atoms with Crippen molar-refractivity contribution in [3.8, 4) is 5.75 Å². The van der Waals surface area contributed by atoms with Crippen molar-refractivity contribution in [2.24, 2.45) is 5.92 Å². The fourth-order valence-electron chi connectivity index (χ4n) is 3.50. The van der Waals surface area contributed by atoms with E-state index in [-0.39, 0.29) is 23.5 Å². The van der Waals surface area contributed by atoms with Crippen LogP contribution in [0.25, 0.3) is 0 Å². The number of nitrogens with one attached hydrogen (secondary N) is 2. The van der Waals surface area contributed by atoms with Crippen LogP contribution in [0.1, 0.15) is 43.0 Å². The molecule has 7 heteroatoms. The van der Waals surface area contributed by atoms with Crippen molar-refractivity contribution in [3.63, 3.8) is 0 Å². The van der Waals surface area contributed by atoms with E-state index in [1.54, 1.807) is 18.2 Å². The van der Waals surface area contributed by atoms with E-state index in [1.807, 2.05) is 11.0 Å². The SMILES string of the molecule is O=C(NCc1cc(C2CC2)n[nH]1)N1CCCC(COc2ccccc2F)C1. The molecule has 0 radical (unpaired) electrons. The fraction of sp³-hybridized carbons (Fsp3) is 0.500. The van der Waals surface area contributed by atoms with Crippen molar-refractivity contribution in [2.45, 2.75) is 38.1 Å². The number of benzene rings is 1. The van der Waals surface area contributed by atoms with Crippen molar-refractivity contribution >= 4 is 6.03 Å². The molecule has 27 heavy (non-hydrogen) atoms. The fourth-order valence-corrected chi connectivity index (χ4v) is 3.50. The first-order chi connectivity index (χ1) is 13.2. The maximum Gasteiger partial charge on any atom is 0.317 e. The Morgan fingerprint density at radius 1 is 1.33 bits per heavy atom. The lowest BCUT2D eigenvalue weighted by atomic mass is 9.99. The van der Waals surface area contributed by atoms with Crippen LogP contribution in [0.15, 0.2) is 30.3 Å². The third kappa shape index (κ3) is 4.59. The zero-order valence-electron chi connectivity index (χ0n) is 15.3. The summed E-state index contributed by atoms with van der Waals surface area (Å²) in [5.74, 6) is 0.721. The molecule has 2 amide bonds. The molecule has 2 aromatic rings. The maximum absolute atomic E-state index is 13.7. The Kier molecular flexibility index (Phi) is 5.27. The lowest BCUT2D eigenvalue weighted by Crippen LogP contribution is -2.46. The summed E-state index contributed by atoms with van der Waals surface area (Å²) in [4.78, 5) is 14.3. The number of likely N-dealkylation sites (tertiary alicyclic amines) is 1. The average Bonchev–Trinajstić information content (AvgIpc) is 3.44. The zero-order chi connectivity index (χ0) is 18.6. The zero-order valence-corrected chi connectivity index (χ0v) is 15.3. The first kappa shape index (κ1) is 17.8. The summed E-state index contributed by atoms with van der Waals surface area (Å²) < 4.78 is 19.3. The molecule has 1 atom stereocenters. The average molecular weight is 372 g/mol. The number of rotatable bonds is 6. The summed E-state index contributed by atoms with van der Waals surface area (Å²) in [5, 5.41) is 10.3. The molecule has 2 heterocycles. The Bertz CT molecular complexity index is 790. The second-order valence-electron chi connectivity index (χ2n) is 7.45. The maximum atomic E-state index is 13.7. The first-order valence-electron chi connectivity index (χ1n) is 9.63. The quantitative estimate of drug-likeness (QED) is 0.816. The molecule has 1 aliphatic heterocycles. The molecule has 2 fully saturated rings. The number of nitrogens with zero attached hydrogens (tertiary/aromatic N) is 2. The molecule has 1 saturated heterocycles. The van der Waals surface area contributed by atoms with E-state index < -0.39 is 0 Å². The summed E-state index contributed by atoms with van der Waals surface area (Å²) in [6, 6.07) is 8.38. The number of aromatic amines is 1. The lowest BCUT2D eigenvalue weighted by Gasteiger charge is -2.32. The normalized spacial score (nSPS) is 19.7. The van der Waals surface area contributed by atoms with Gasteiger partial charge in [0.2, 0.25) is 0 Å². The molecule has 0 spiro atoms. The van der Waals surface area contributed by atoms with Crippen molar-refractivity contribution in [2.75, 3.05) is 19.7 Å². The van der Waals surface area contributed by atoms with E-state index in [1.165, 1.54) is 18.9 Å². The second-order valence-corrected chi connectivity index (χ2v) is 7.45. The third-order valence-corrected chi connectivity index (χ3v) is 5.19. The van der Waals surface area contributed by atoms with Gasteiger partial charge < -0.3 is 15.0 Å². The number of aromatic nitrogens is 2. The predicted molar refractivity (Wildman–Crippen MR) is 99.0 cm³/mol. The van der Waals surface area contributed by atoms with Gasteiger partial charge in [0.1, 0.15) is 0 Å². The molecular weight excluding hydrogens is 347 g/mol. The van der Waals surface area contributed by atoms with Crippen molar-refractivity contribution in [3.05, 3.63) is 47.5 Å². The number of halogens is 1. The van der Waals surface area contributed by atoms with E-state index in [4.69, 9.17) is 4.74 Å². The van der Waals surface area contributed by atoms with Gasteiger partial charge >= 0.3 is 6.03 Å². The second kappa shape index (κ2) is 7.98. The minimum Gasteiger partial charge on any atom is -0.490 e. The minimum atomic E-state index is -0.354. The number of piperidine rings is 1. The standard InChI is InChI=1S/C20H25FN4O2/c21-17-5-1-2-6-19(17)27-13-14-4-3-9-25(12-14)20(26)22-11-16-10-18(24-23-16)15-7-8-15/h1-2,5-6,10,14-15H,3-4,7-9,11-13H2,(H,22,26)(H,23,24). The first-order valence-corrected chi connectivity index (χ1v) is 9.63. The van der Waals surface area contributed by atoms with Gasteiger partial charge in [0, 0.05) is 24.9 Å². The number of ether oxygens (including phenoxy) is 1. The van der Waals surface area contributed by atoms with Crippen molar-refractivity contribution in [1.29, 1.82) is 0 Å². The van der Waals surface area contributed by atoms with Gasteiger partial charge in [-0.1, -0.05) is 12.1 Å². The largest absolute Gasteiger partial charge is 0.490 e. The molecule has 1 saturated carbocycles. The number of para-hydroxylation sites is 1. The number of hydrogen-bond acceptors (Lipinski definition) is 3. The van der Waals surface area contributed by atoms with Crippen LogP contribution in [-0.2, 0) is 6.54 Å². The van der Waals surface area contributed by atoms with E-state index in [0.717, 1.165) is 30.8 Å². The summed E-state index contributed by atoms with van der Waals surface area (Å²) in [6.45, 7) is 2.22. The van der Waals surface area contributed by atoms with E-state index in [2.05, 4.69) is 15.5 Å². The summed E-state index contributed by atoms with van der Waals surface area (Å²) >= 11 is 0. The van der Waals surface area contributed by atoms with E-state index in [0.29, 0.717) is 25.6 Å². The highest BCUT2D eigenvalue weighted by Gasteiger charge is 2.27. The molecular formula is C20H25FN4O2. The molecule has 1 unspecified atom stereocenters. The molecule has 4 rings (SSSR count). The van der Waals surface area contributed by atoms with Gasteiger partial charge in [-0.25, -0.2) is 9.18 Å². The molecule has 2 N–H and O–H groups in total. The van der Waals surface area contributed by atoms with E-state index >= 15 is 0 Å². The summed E-state index contributed by atoms with van der Waals surface area (Å²) in [5.41, 5.74) is 2.03. The topological polar surface area (TPSA) is 70.2 Å². The molecule has 1 aromatic heterocycles. The molecule has 144 valence electrons. The summed E-state index contributed by atoms with van der Waals surface area (Å²) in [7, 11) is 0. The van der Waals surface area contributed by atoms with Crippen LogP contribution in [-0.4, -0.2) is 40.8 Å². The van der Waals surface area contributed by atoms with Gasteiger partial charge in [0.05, 0.1) is 24.5 Å². The number of carbonyl (C=O) groups is 1. The van der Waals surface area contributed by atoms with Gasteiger partial charge in [-0.05, 0) is 43.9 Å². The monoisotopic (exact) mass is 372 g/mol. The van der Waals surface area contributed by atoms with Crippen LogP contribution in [0.3, 0.4) is 0 Å². The number of hydrogen-bond donors (Lipinski definition) is 2. The van der Waals surface area contributed by atoms with Gasteiger partial charge in [-0.3, -0.25) is 5.10 Å². The molecule has 2 aliphatic rings. The van der Waals surface area contributed by atoms with Crippen LogP contribution in [0.4, 0.5) is 9.18 Å². The number of urea groups is 1. The Hall–Kier alpha value is -2.57. The number of H-pyrrole nitrogens is 1. The lowest BCUT2D eigenvalue weighted by molar-refractivity contribution is 0.135. The van der Waals surface area contributed by atoms with Crippen LogP contribution in [0.2, 0.25) is 0 Å². The number of carbonyl (C=O) groups excluding carboxylic acids is 1. The van der Waals surface area contributed by atoms with Gasteiger partial charge in [0.15, 0.2) is 11.6 Å². The molecule has 0 bridgehead atoms. The Morgan fingerprint density at radius 2 is 2.19 bits per heavy atom. The number of amides is 2. The third-order valence-electron chi connectivity index (χ3n) is 5.19. The van der Waals surface area contributed by atoms with Crippen LogP contribution in [0.5, 0.6) is 5.75 Å². The van der Waals surface area contributed by atoms with Gasteiger partial charge in [-0.2, -0.15) is 5.10 Å². The molecule has 6 nitrogen and oxygen atoms in total. The minimum absolute atomic E-state index is 0.0758. The van der Waals surface area contributed by atoms with Crippen molar-refractivity contribution in [1.82, 2.24) is 20.4 Å². The highest BCUT2D eigenvalue weighted by Crippen LogP contribution is 2.38. The Balaban J connectivity index is 1.24. The Morgan fingerprint density at radius 3 is 3.00 bits per heavy atom. The Labute approximate surface area is 158 Å². The smallest absolute Gasteiger partial charge is 0.317 e. The van der Waals surface area contributed by atoms with E-state index in [9.17, 15) is 9.18 Å².